The summed E-state index contributed by atoms with van der Waals surface area (Å²) >= 11 is 5.76. The number of halogens is 1. The number of hydrogen-bond donors (Lipinski definition) is 0. The predicted octanol–water partition coefficient (Wildman–Crippen LogP) is 2.16. The lowest BCUT2D eigenvalue weighted by atomic mass is 10.2. The molecule has 21 heavy (non-hydrogen) atoms. The fourth-order valence-corrected chi connectivity index (χ4v) is 3.71. The number of sulfonamides is 1. The second-order valence-electron chi connectivity index (χ2n) is 4.75. The van der Waals surface area contributed by atoms with Crippen LogP contribution in [0.5, 0.6) is 0 Å². The lowest BCUT2D eigenvalue weighted by Gasteiger charge is -2.20. The fourth-order valence-electron chi connectivity index (χ4n) is 1.95. The fraction of sp³-hybridized carbons (Fsp3) is 0.357. The zero-order valence-corrected chi connectivity index (χ0v) is 13.6. The Labute approximate surface area is 130 Å². The molecule has 2 rings (SSSR count). The van der Waals surface area contributed by atoms with Crippen molar-refractivity contribution in [1.29, 1.82) is 0 Å². The molecule has 0 spiro atoms. The number of nitrogens with zero attached hydrogens (tertiary/aromatic N) is 3. The Balaban J connectivity index is 2.32. The number of aryl methyl sites for hydroxylation is 2. The highest BCUT2D eigenvalue weighted by Gasteiger charge is 2.27. The standard InChI is InChI=1S/C14H18ClN3O2S/c1-12-16-14(11-17(12)2)21(19,20)18(9-8-15)10-13-6-4-3-5-7-13/h3-7,11H,8-10H2,1-2H3. The van der Waals surface area contributed by atoms with Crippen molar-refractivity contribution >= 4 is 21.6 Å². The monoisotopic (exact) mass is 327 g/mol. The van der Waals surface area contributed by atoms with E-state index in [-0.39, 0.29) is 24.0 Å². The number of hydrogen-bond acceptors (Lipinski definition) is 3. The van der Waals surface area contributed by atoms with E-state index in [9.17, 15) is 8.42 Å². The Morgan fingerprint density at radius 2 is 1.95 bits per heavy atom. The van der Waals surface area contributed by atoms with Gasteiger partial charge in [0, 0.05) is 32.2 Å². The van der Waals surface area contributed by atoms with Gasteiger partial charge in [0.1, 0.15) is 5.82 Å². The van der Waals surface area contributed by atoms with Gasteiger partial charge in [0.15, 0.2) is 5.03 Å². The van der Waals surface area contributed by atoms with Crippen LogP contribution in [0.1, 0.15) is 11.4 Å². The van der Waals surface area contributed by atoms with Gasteiger partial charge in [0.2, 0.25) is 0 Å². The first-order valence-corrected chi connectivity index (χ1v) is 8.52. The van der Waals surface area contributed by atoms with Crippen molar-refractivity contribution in [2.24, 2.45) is 7.05 Å². The Hall–Kier alpha value is -1.37. The molecule has 0 saturated carbocycles. The van der Waals surface area contributed by atoms with Crippen molar-refractivity contribution in [1.82, 2.24) is 13.9 Å². The van der Waals surface area contributed by atoms with Crippen LogP contribution in [0.15, 0.2) is 41.6 Å². The molecule has 0 radical (unpaired) electrons. The summed E-state index contributed by atoms with van der Waals surface area (Å²) in [5.41, 5.74) is 0.916. The molecule has 114 valence electrons. The van der Waals surface area contributed by atoms with Crippen LogP contribution in [-0.2, 0) is 23.6 Å². The van der Waals surface area contributed by atoms with Gasteiger partial charge in [-0.3, -0.25) is 0 Å². The van der Waals surface area contributed by atoms with Crippen molar-refractivity contribution in [2.45, 2.75) is 18.5 Å². The van der Waals surface area contributed by atoms with Crippen LogP contribution in [0.25, 0.3) is 0 Å². The molecule has 0 amide bonds. The number of aromatic nitrogens is 2. The van der Waals surface area contributed by atoms with Crippen molar-refractivity contribution in [3.63, 3.8) is 0 Å². The second-order valence-corrected chi connectivity index (χ2v) is 7.01. The smallest absolute Gasteiger partial charge is 0.262 e. The summed E-state index contributed by atoms with van der Waals surface area (Å²) in [5, 5.41) is 0.0588. The third-order valence-electron chi connectivity index (χ3n) is 3.23. The molecule has 1 aromatic heterocycles. The van der Waals surface area contributed by atoms with Gasteiger partial charge in [0.05, 0.1) is 0 Å². The van der Waals surface area contributed by atoms with E-state index in [2.05, 4.69) is 4.98 Å². The van der Waals surface area contributed by atoms with E-state index in [0.29, 0.717) is 5.82 Å². The van der Waals surface area contributed by atoms with Crippen LogP contribution < -0.4 is 0 Å². The summed E-state index contributed by atoms with van der Waals surface area (Å²) in [4.78, 5) is 4.12. The number of rotatable bonds is 6. The topological polar surface area (TPSA) is 55.2 Å². The number of alkyl halides is 1. The van der Waals surface area contributed by atoms with Gasteiger partial charge < -0.3 is 4.57 Å². The molecule has 0 fully saturated rings. The van der Waals surface area contributed by atoms with Crippen LogP contribution in [0.3, 0.4) is 0 Å². The van der Waals surface area contributed by atoms with Crippen molar-refractivity contribution in [3.8, 4) is 0 Å². The van der Waals surface area contributed by atoms with E-state index in [4.69, 9.17) is 11.6 Å². The molecule has 1 heterocycles. The molecule has 2 aromatic rings. The number of benzene rings is 1. The Morgan fingerprint density at radius 3 is 2.48 bits per heavy atom. The molecule has 7 heteroatoms. The van der Waals surface area contributed by atoms with E-state index < -0.39 is 10.0 Å². The third kappa shape index (κ3) is 3.64. The minimum Gasteiger partial charge on any atom is -0.337 e. The van der Waals surface area contributed by atoms with Crippen molar-refractivity contribution in [3.05, 3.63) is 47.9 Å². The highest BCUT2D eigenvalue weighted by atomic mass is 35.5. The van der Waals surface area contributed by atoms with Gasteiger partial charge in [-0.05, 0) is 12.5 Å². The lowest BCUT2D eigenvalue weighted by Crippen LogP contribution is -2.32. The first-order valence-electron chi connectivity index (χ1n) is 6.55. The SMILES string of the molecule is Cc1nc(S(=O)(=O)N(CCCl)Cc2ccccc2)cn1C. The van der Waals surface area contributed by atoms with E-state index in [0.717, 1.165) is 5.56 Å². The van der Waals surface area contributed by atoms with Gasteiger partial charge in [-0.2, -0.15) is 4.31 Å². The second kappa shape index (κ2) is 6.60. The predicted molar refractivity (Wildman–Crippen MR) is 82.7 cm³/mol. The normalized spacial score (nSPS) is 12.0. The van der Waals surface area contributed by atoms with Crippen molar-refractivity contribution < 1.29 is 8.42 Å². The van der Waals surface area contributed by atoms with Crippen LogP contribution in [0, 0.1) is 6.92 Å². The molecule has 1 aromatic carbocycles. The summed E-state index contributed by atoms with van der Waals surface area (Å²) in [6, 6.07) is 9.43. The molecule has 0 aliphatic heterocycles. The van der Waals surface area contributed by atoms with Gasteiger partial charge in [-0.1, -0.05) is 30.3 Å². The maximum Gasteiger partial charge on any atom is 0.262 e. The maximum absolute atomic E-state index is 12.7. The highest BCUT2D eigenvalue weighted by Crippen LogP contribution is 2.17. The van der Waals surface area contributed by atoms with Crippen molar-refractivity contribution in [2.75, 3.05) is 12.4 Å². The average molecular weight is 328 g/mol. The molecule has 0 saturated heterocycles. The van der Waals surface area contributed by atoms with Crippen LogP contribution in [-0.4, -0.2) is 34.7 Å². The van der Waals surface area contributed by atoms with Gasteiger partial charge in [-0.25, -0.2) is 13.4 Å². The van der Waals surface area contributed by atoms with Crippen LogP contribution >= 0.6 is 11.6 Å². The van der Waals surface area contributed by atoms with E-state index in [1.165, 1.54) is 10.5 Å². The van der Waals surface area contributed by atoms with Gasteiger partial charge >= 0.3 is 0 Å². The zero-order valence-electron chi connectivity index (χ0n) is 12.0. The molecule has 0 N–H and O–H groups in total. The molecule has 0 bridgehead atoms. The summed E-state index contributed by atoms with van der Waals surface area (Å²) in [6.45, 7) is 2.29. The minimum atomic E-state index is -3.65. The molecular formula is C14H18ClN3O2S. The van der Waals surface area contributed by atoms with Gasteiger partial charge in [0.25, 0.3) is 10.0 Å². The lowest BCUT2D eigenvalue weighted by molar-refractivity contribution is 0.423. The Bertz CT molecular complexity index is 679. The quantitative estimate of drug-likeness (QED) is 0.764. The minimum absolute atomic E-state index is 0.0588. The summed E-state index contributed by atoms with van der Waals surface area (Å²) < 4.78 is 28.4. The summed E-state index contributed by atoms with van der Waals surface area (Å²) in [7, 11) is -1.88. The molecule has 0 aliphatic carbocycles. The Kier molecular flexibility index (Phi) is 5.03. The summed E-state index contributed by atoms with van der Waals surface area (Å²) in [6.07, 6.45) is 1.52. The highest BCUT2D eigenvalue weighted by molar-refractivity contribution is 7.89. The molecule has 0 atom stereocenters. The average Bonchev–Trinajstić information content (AvgIpc) is 2.80. The van der Waals surface area contributed by atoms with E-state index in [1.807, 2.05) is 30.3 Å². The van der Waals surface area contributed by atoms with E-state index in [1.54, 1.807) is 18.5 Å². The first-order chi connectivity index (χ1) is 9.95. The van der Waals surface area contributed by atoms with E-state index >= 15 is 0 Å². The molecule has 0 unspecified atom stereocenters. The molecular weight excluding hydrogens is 310 g/mol. The van der Waals surface area contributed by atoms with Crippen LogP contribution in [0.4, 0.5) is 0 Å². The third-order valence-corrected chi connectivity index (χ3v) is 5.11. The maximum atomic E-state index is 12.7. The number of imidazole rings is 1. The zero-order chi connectivity index (χ0) is 15.5. The molecule has 0 aliphatic rings. The van der Waals surface area contributed by atoms with Crippen LogP contribution in [0.2, 0.25) is 0 Å². The van der Waals surface area contributed by atoms with Gasteiger partial charge in [-0.15, -0.1) is 11.6 Å². The first kappa shape index (κ1) is 16.0. The largest absolute Gasteiger partial charge is 0.337 e. The Morgan fingerprint density at radius 1 is 1.29 bits per heavy atom. The summed E-state index contributed by atoms with van der Waals surface area (Å²) in [5.74, 6) is 0.886. The molecule has 5 nitrogen and oxygen atoms in total.